The van der Waals surface area contributed by atoms with E-state index in [-0.39, 0.29) is 0 Å². The molecule has 0 aromatic heterocycles. The SMILES string of the molecule is O=C=NC1=C(C2=COC=CO2)CCC=C1. The van der Waals surface area contributed by atoms with Gasteiger partial charge in [-0.2, -0.15) is 4.99 Å². The molecule has 0 bridgehead atoms. The van der Waals surface area contributed by atoms with E-state index in [1.165, 1.54) is 24.9 Å². The van der Waals surface area contributed by atoms with Gasteiger partial charge in [0.1, 0.15) is 18.8 Å². The molecule has 0 aromatic carbocycles. The monoisotopic (exact) mass is 203 g/mol. The third kappa shape index (κ3) is 2.06. The van der Waals surface area contributed by atoms with Crippen molar-refractivity contribution < 1.29 is 14.3 Å². The van der Waals surface area contributed by atoms with Crippen LogP contribution in [0.1, 0.15) is 12.8 Å². The highest BCUT2D eigenvalue weighted by atomic mass is 16.5. The summed E-state index contributed by atoms with van der Waals surface area (Å²) in [5, 5.41) is 0. The van der Waals surface area contributed by atoms with E-state index in [9.17, 15) is 4.79 Å². The number of isocyanates is 1. The first kappa shape index (κ1) is 9.49. The van der Waals surface area contributed by atoms with E-state index in [1.807, 2.05) is 6.08 Å². The summed E-state index contributed by atoms with van der Waals surface area (Å²) < 4.78 is 10.3. The van der Waals surface area contributed by atoms with E-state index in [0.29, 0.717) is 11.5 Å². The molecule has 0 amide bonds. The molecule has 0 N–H and O–H groups in total. The molecule has 76 valence electrons. The molecule has 0 atom stereocenters. The maximum absolute atomic E-state index is 10.2. The molecule has 2 rings (SSSR count). The van der Waals surface area contributed by atoms with Crippen LogP contribution in [0, 0.1) is 0 Å². The molecule has 0 aromatic rings. The number of nitrogens with zero attached hydrogens (tertiary/aromatic N) is 1. The molecule has 4 heteroatoms. The fraction of sp³-hybridized carbons (Fsp3) is 0.182. The number of aliphatic imine (C=N–C) groups is 1. The first-order valence-electron chi connectivity index (χ1n) is 4.57. The highest BCUT2D eigenvalue weighted by molar-refractivity contribution is 5.46. The lowest BCUT2D eigenvalue weighted by atomic mass is 10.0. The average Bonchev–Trinajstić information content (AvgIpc) is 2.31. The number of rotatable bonds is 2. The molecule has 0 radical (unpaired) electrons. The second-order valence-electron chi connectivity index (χ2n) is 3.02. The van der Waals surface area contributed by atoms with Crippen LogP contribution in [0.25, 0.3) is 0 Å². The van der Waals surface area contributed by atoms with Crippen molar-refractivity contribution in [2.24, 2.45) is 4.99 Å². The molecule has 15 heavy (non-hydrogen) atoms. The molecular weight excluding hydrogens is 194 g/mol. The van der Waals surface area contributed by atoms with Gasteiger partial charge in [-0.25, -0.2) is 4.79 Å². The minimum Gasteiger partial charge on any atom is -0.466 e. The molecule has 2 aliphatic rings. The third-order valence-corrected chi connectivity index (χ3v) is 2.11. The first-order chi connectivity index (χ1) is 7.42. The zero-order valence-corrected chi connectivity index (χ0v) is 7.97. The summed E-state index contributed by atoms with van der Waals surface area (Å²) in [4.78, 5) is 13.9. The van der Waals surface area contributed by atoms with Crippen molar-refractivity contribution in [3.63, 3.8) is 0 Å². The Morgan fingerprint density at radius 3 is 3.07 bits per heavy atom. The van der Waals surface area contributed by atoms with Crippen LogP contribution in [0.3, 0.4) is 0 Å². The molecule has 4 nitrogen and oxygen atoms in total. The quantitative estimate of drug-likeness (QED) is 0.511. The van der Waals surface area contributed by atoms with Crippen LogP contribution >= 0.6 is 0 Å². The lowest BCUT2D eigenvalue weighted by molar-refractivity contribution is 0.262. The summed E-state index contributed by atoms with van der Waals surface area (Å²) in [5.41, 5.74) is 1.45. The van der Waals surface area contributed by atoms with Crippen molar-refractivity contribution in [3.8, 4) is 0 Å². The van der Waals surface area contributed by atoms with Crippen molar-refractivity contribution in [1.82, 2.24) is 0 Å². The normalized spacial score (nSPS) is 18.8. The summed E-state index contributed by atoms with van der Waals surface area (Å²) in [7, 11) is 0. The predicted octanol–water partition coefficient (Wildman–Crippen LogP) is 2.29. The Kier molecular flexibility index (Phi) is 2.81. The van der Waals surface area contributed by atoms with Gasteiger partial charge in [0.15, 0.2) is 5.76 Å². The Hall–Kier alpha value is -2.06. The maximum atomic E-state index is 10.2. The van der Waals surface area contributed by atoms with Crippen molar-refractivity contribution in [1.29, 1.82) is 0 Å². The lowest BCUT2D eigenvalue weighted by Crippen LogP contribution is -2.01. The minimum absolute atomic E-state index is 0.585. The minimum atomic E-state index is 0.585. The zero-order chi connectivity index (χ0) is 10.5. The Labute approximate surface area is 86.9 Å². The van der Waals surface area contributed by atoms with Crippen LogP contribution in [0.5, 0.6) is 0 Å². The van der Waals surface area contributed by atoms with Gasteiger partial charge in [-0.15, -0.1) is 0 Å². The van der Waals surface area contributed by atoms with Crippen LogP contribution in [0.15, 0.2) is 53.0 Å². The van der Waals surface area contributed by atoms with Crippen molar-refractivity contribution in [3.05, 3.63) is 48.0 Å². The van der Waals surface area contributed by atoms with Gasteiger partial charge in [0.25, 0.3) is 0 Å². The second-order valence-corrected chi connectivity index (χ2v) is 3.02. The van der Waals surface area contributed by atoms with Crippen LogP contribution in [-0.2, 0) is 14.3 Å². The Bertz CT molecular complexity index is 423. The molecule has 0 fully saturated rings. The third-order valence-electron chi connectivity index (χ3n) is 2.11. The topological polar surface area (TPSA) is 47.9 Å². The zero-order valence-electron chi connectivity index (χ0n) is 7.97. The van der Waals surface area contributed by atoms with Crippen LogP contribution < -0.4 is 0 Å². The molecular formula is C11H9NO3. The van der Waals surface area contributed by atoms with Gasteiger partial charge >= 0.3 is 0 Å². The number of hydrogen-bond donors (Lipinski definition) is 0. The van der Waals surface area contributed by atoms with E-state index >= 15 is 0 Å². The van der Waals surface area contributed by atoms with Crippen LogP contribution in [-0.4, -0.2) is 6.08 Å². The van der Waals surface area contributed by atoms with Gasteiger partial charge < -0.3 is 9.47 Å². The van der Waals surface area contributed by atoms with E-state index in [2.05, 4.69) is 4.99 Å². The van der Waals surface area contributed by atoms with Gasteiger partial charge in [-0.05, 0) is 18.9 Å². The molecule has 1 aliphatic carbocycles. The maximum Gasteiger partial charge on any atom is 0.240 e. The average molecular weight is 203 g/mol. The molecule has 0 saturated heterocycles. The van der Waals surface area contributed by atoms with Gasteiger partial charge in [-0.1, -0.05) is 6.08 Å². The number of hydrogen-bond acceptors (Lipinski definition) is 4. The van der Waals surface area contributed by atoms with Gasteiger partial charge in [0.05, 0.1) is 5.70 Å². The van der Waals surface area contributed by atoms with Gasteiger partial charge in [0, 0.05) is 5.57 Å². The van der Waals surface area contributed by atoms with E-state index in [0.717, 1.165) is 18.4 Å². The van der Waals surface area contributed by atoms with Gasteiger partial charge in [0.2, 0.25) is 6.08 Å². The summed E-state index contributed by atoms with van der Waals surface area (Å²) in [6, 6.07) is 0. The summed E-state index contributed by atoms with van der Waals surface area (Å²) in [6.45, 7) is 0. The van der Waals surface area contributed by atoms with Crippen LogP contribution in [0.4, 0.5) is 0 Å². The summed E-state index contributed by atoms with van der Waals surface area (Å²) in [5.74, 6) is 0.593. The fourth-order valence-electron chi connectivity index (χ4n) is 1.46. The molecule has 0 saturated carbocycles. The van der Waals surface area contributed by atoms with Crippen molar-refractivity contribution in [2.75, 3.05) is 0 Å². The van der Waals surface area contributed by atoms with E-state index < -0.39 is 0 Å². The predicted molar refractivity (Wildman–Crippen MR) is 52.9 cm³/mol. The van der Waals surface area contributed by atoms with Crippen LogP contribution in [0.2, 0.25) is 0 Å². The van der Waals surface area contributed by atoms with Crippen molar-refractivity contribution >= 4 is 6.08 Å². The molecule has 1 heterocycles. The standard InChI is InChI=1S/C11H9NO3/c13-8-12-10-4-2-1-3-9(10)11-7-14-5-6-15-11/h2,4-7H,1,3H2. The largest absolute Gasteiger partial charge is 0.466 e. The number of allylic oxidation sites excluding steroid dienone is 3. The highest BCUT2D eigenvalue weighted by Gasteiger charge is 2.15. The van der Waals surface area contributed by atoms with E-state index in [1.54, 1.807) is 6.08 Å². The number of carbonyl (C=O) groups excluding carboxylic acids is 1. The molecule has 0 spiro atoms. The fourth-order valence-corrected chi connectivity index (χ4v) is 1.46. The molecule has 1 aliphatic heterocycles. The van der Waals surface area contributed by atoms with E-state index in [4.69, 9.17) is 9.47 Å². The number of ether oxygens (including phenoxy) is 2. The van der Waals surface area contributed by atoms with Crippen molar-refractivity contribution in [2.45, 2.75) is 12.8 Å². The Morgan fingerprint density at radius 1 is 1.40 bits per heavy atom. The second kappa shape index (κ2) is 4.44. The van der Waals surface area contributed by atoms with Gasteiger partial charge in [-0.3, -0.25) is 0 Å². The summed E-state index contributed by atoms with van der Waals surface area (Å²) in [6.07, 6.45) is 11.3. The smallest absolute Gasteiger partial charge is 0.240 e. The first-order valence-corrected chi connectivity index (χ1v) is 4.57. The Morgan fingerprint density at radius 2 is 2.33 bits per heavy atom. The summed E-state index contributed by atoms with van der Waals surface area (Å²) >= 11 is 0. The highest BCUT2D eigenvalue weighted by Crippen LogP contribution is 2.28. The lowest BCUT2D eigenvalue weighted by Gasteiger charge is -2.16. The molecule has 0 unspecified atom stereocenters. The Balaban J connectivity index is 2.34.